The number of carbonyl (C=O) groups excluding carboxylic acids is 3. The first-order valence-electron chi connectivity index (χ1n) is 20.2. The van der Waals surface area contributed by atoms with E-state index in [1.165, 1.54) is 0 Å². The van der Waals surface area contributed by atoms with Gasteiger partial charge in [-0.25, -0.2) is 4.79 Å². The second-order valence-corrected chi connectivity index (χ2v) is 16.3. The van der Waals surface area contributed by atoms with Crippen LogP contribution in [0.15, 0.2) is 108 Å². The molecule has 0 N–H and O–H groups in total. The van der Waals surface area contributed by atoms with E-state index in [-0.39, 0.29) is 31.2 Å². The molecule has 0 spiro atoms. The molecule has 4 aromatic carbocycles. The molecule has 57 heavy (non-hydrogen) atoms. The summed E-state index contributed by atoms with van der Waals surface area (Å²) in [6.45, 7) is 15.1. The van der Waals surface area contributed by atoms with E-state index in [4.69, 9.17) is 14.2 Å². The van der Waals surface area contributed by atoms with Crippen LogP contribution in [0.1, 0.15) is 88.3 Å². The van der Waals surface area contributed by atoms with Gasteiger partial charge < -0.3 is 24.0 Å². The van der Waals surface area contributed by atoms with E-state index < -0.39 is 16.4 Å². The minimum atomic E-state index is -0.950. The minimum Gasteiger partial charge on any atom is -0.465 e. The summed E-state index contributed by atoms with van der Waals surface area (Å²) in [6, 6.07) is 33.0. The van der Waals surface area contributed by atoms with E-state index in [1.54, 1.807) is 11.9 Å². The fourth-order valence-electron chi connectivity index (χ4n) is 8.94. The van der Waals surface area contributed by atoms with Crippen LogP contribution in [-0.4, -0.2) is 61.9 Å². The number of nitrogens with zero attached hydrogens (tertiary/aromatic N) is 2. The first kappa shape index (κ1) is 39.6. The summed E-state index contributed by atoms with van der Waals surface area (Å²) in [5, 5.41) is 0. The number of amides is 1. The summed E-state index contributed by atoms with van der Waals surface area (Å²) in [7, 11) is 1.77. The second-order valence-electron chi connectivity index (χ2n) is 16.3. The zero-order valence-corrected chi connectivity index (χ0v) is 34.5. The van der Waals surface area contributed by atoms with Crippen molar-refractivity contribution in [2.24, 2.45) is 0 Å². The topological polar surface area (TPSA) is 85.4 Å². The normalized spacial score (nSPS) is 19.6. The number of esters is 2. The van der Waals surface area contributed by atoms with Crippen LogP contribution in [0.3, 0.4) is 0 Å². The van der Waals surface area contributed by atoms with E-state index in [0.717, 1.165) is 79.9 Å². The molecule has 1 heterocycles. The highest BCUT2D eigenvalue weighted by Gasteiger charge is 2.61. The van der Waals surface area contributed by atoms with Gasteiger partial charge in [0, 0.05) is 31.5 Å². The number of aryl methyl sites for hydroxylation is 2. The third-order valence-electron chi connectivity index (χ3n) is 11.6. The molecule has 8 heteroatoms. The van der Waals surface area contributed by atoms with Crippen molar-refractivity contribution in [3.8, 4) is 0 Å². The molecule has 4 aromatic rings. The molecule has 3 aliphatic rings. The number of fused-ring (bicyclic) bond motifs is 2. The monoisotopic (exact) mass is 766 g/mol. The zero-order valence-electron chi connectivity index (χ0n) is 34.5. The molecule has 0 aromatic heterocycles. The van der Waals surface area contributed by atoms with E-state index in [2.05, 4.69) is 65.6 Å². The average molecular weight is 767 g/mol. The van der Waals surface area contributed by atoms with Crippen molar-refractivity contribution in [3.63, 3.8) is 0 Å². The van der Waals surface area contributed by atoms with Crippen molar-refractivity contribution < 1.29 is 28.6 Å². The number of ether oxygens (including phenoxy) is 3. The quantitative estimate of drug-likeness (QED) is 0.105. The van der Waals surface area contributed by atoms with Crippen LogP contribution < -0.4 is 4.90 Å². The molecule has 0 saturated carbocycles. The number of rotatable bonds is 12. The van der Waals surface area contributed by atoms with Crippen LogP contribution in [0.4, 0.5) is 16.2 Å². The Morgan fingerprint density at radius 1 is 0.684 bits per heavy atom. The Balaban J connectivity index is 1.28. The molecule has 296 valence electrons. The lowest BCUT2D eigenvalue weighted by molar-refractivity contribution is -0.146. The van der Waals surface area contributed by atoms with Gasteiger partial charge in [0.15, 0.2) is 0 Å². The lowest BCUT2D eigenvalue weighted by Crippen LogP contribution is -2.35. The summed E-state index contributed by atoms with van der Waals surface area (Å²) in [6.07, 6.45) is 1.76. The van der Waals surface area contributed by atoms with E-state index in [1.807, 2.05) is 84.9 Å². The third kappa shape index (κ3) is 6.93. The van der Waals surface area contributed by atoms with Gasteiger partial charge in [-0.05, 0) is 136 Å². The van der Waals surface area contributed by atoms with Crippen LogP contribution in [0.25, 0.3) is 11.1 Å². The molecular formula is C49H54N2O6. The van der Waals surface area contributed by atoms with Gasteiger partial charge in [0.25, 0.3) is 0 Å². The lowest BCUT2D eigenvalue weighted by Gasteiger charge is -2.30. The molecule has 7 rings (SSSR count). The van der Waals surface area contributed by atoms with Crippen LogP contribution in [0.5, 0.6) is 0 Å². The van der Waals surface area contributed by atoms with Gasteiger partial charge in [0.2, 0.25) is 0 Å². The third-order valence-corrected chi connectivity index (χ3v) is 11.6. The Kier molecular flexibility index (Phi) is 10.7. The van der Waals surface area contributed by atoms with Gasteiger partial charge in [-0.2, -0.15) is 0 Å². The Labute approximate surface area is 337 Å². The molecule has 1 amide bonds. The smallest absolute Gasteiger partial charge is 0.410 e. The summed E-state index contributed by atoms with van der Waals surface area (Å²) in [4.78, 5) is 44.8. The van der Waals surface area contributed by atoms with Crippen LogP contribution >= 0.6 is 0 Å². The van der Waals surface area contributed by atoms with Crippen LogP contribution in [-0.2, 0) is 47.5 Å². The molecule has 1 aliphatic heterocycles. The maximum absolute atomic E-state index is 14.0. The largest absolute Gasteiger partial charge is 0.465 e. The standard InChI is InChI=1S/C49H54N2O6/c1-9-55-44(52)48(32(3)42(48)34-18-13-11-14-19-34)38-24-26-40-36(30-38)22-23-37-31-39(49(45(53)56-10-2)33(4)43(49)35-20-15-12-16-21-35)25-27-41(37)51(40)29-17-28-50(8)46(54)57-47(5,6)7/h11-16,18-21,24-27,30-31H,9-10,17,22-23,28-29H2,1-8H3. The van der Waals surface area contributed by atoms with Crippen molar-refractivity contribution in [3.05, 3.63) is 142 Å². The maximum Gasteiger partial charge on any atom is 0.410 e. The minimum absolute atomic E-state index is 0.254. The first-order chi connectivity index (χ1) is 27.3. The Hall–Kier alpha value is -5.63. The first-order valence-corrected chi connectivity index (χ1v) is 20.2. The van der Waals surface area contributed by atoms with Crippen LogP contribution in [0, 0.1) is 0 Å². The Morgan fingerprint density at radius 2 is 1.12 bits per heavy atom. The molecule has 0 saturated heterocycles. The van der Waals surface area contributed by atoms with Crippen molar-refractivity contribution in [1.82, 2.24) is 4.90 Å². The predicted molar refractivity (Wildman–Crippen MR) is 225 cm³/mol. The maximum atomic E-state index is 14.0. The van der Waals surface area contributed by atoms with Crippen molar-refractivity contribution in [1.29, 1.82) is 0 Å². The van der Waals surface area contributed by atoms with Gasteiger partial charge >= 0.3 is 18.0 Å². The highest BCUT2D eigenvalue weighted by atomic mass is 16.6. The highest BCUT2D eigenvalue weighted by Crippen LogP contribution is 2.62. The molecule has 2 aliphatic carbocycles. The fraction of sp³-hybridized carbons (Fsp3) is 0.367. The number of hydrogen-bond acceptors (Lipinski definition) is 7. The highest BCUT2D eigenvalue weighted by molar-refractivity contribution is 6.16. The molecule has 0 fully saturated rings. The number of benzene rings is 4. The number of carbonyl (C=O) groups is 3. The van der Waals surface area contributed by atoms with E-state index in [9.17, 15) is 14.4 Å². The molecule has 8 nitrogen and oxygen atoms in total. The molecule has 0 bridgehead atoms. The molecule has 2 atom stereocenters. The van der Waals surface area contributed by atoms with Gasteiger partial charge in [-0.15, -0.1) is 0 Å². The van der Waals surface area contributed by atoms with Crippen LogP contribution in [0.2, 0.25) is 0 Å². The van der Waals surface area contributed by atoms with Gasteiger partial charge in [-0.1, -0.05) is 84.9 Å². The summed E-state index contributed by atoms with van der Waals surface area (Å²) in [5.41, 5.74) is 9.68. The van der Waals surface area contributed by atoms with Crippen molar-refractivity contribution in [2.75, 3.05) is 38.3 Å². The Morgan fingerprint density at radius 3 is 1.53 bits per heavy atom. The SMILES string of the molecule is CCOC(=O)C1(c2ccc3c(c2)CCc2cc(C4(C(=O)OCC)C(C)=C4c4ccccc4)ccc2N3CCCN(C)C(=O)OC(C)(C)C)C(C)=C1c1ccccc1. The van der Waals surface area contributed by atoms with Crippen molar-refractivity contribution >= 4 is 40.6 Å². The fourth-order valence-corrected chi connectivity index (χ4v) is 8.94. The van der Waals surface area contributed by atoms with Gasteiger partial charge in [0.1, 0.15) is 16.4 Å². The zero-order chi connectivity index (χ0) is 40.7. The van der Waals surface area contributed by atoms with Gasteiger partial charge in [0.05, 0.1) is 13.2 Å². The van der Waals surface area contributed by atoms with E-state index in [0.29, 0.717) is 19.5 Å². The Bertz CT molecular complexity index is 2130. The second kappa shape index (κ2) is 15.4. The molecular weight excluding hydrogens is 713 g/mol. The molecule has 2 unspecified atom stereocenters. The van der Waals surface area contributed by atoms with Gasteiger partial charge in [-0.3, -0.25) is 9.59 Å². The van der Waals surface area contributed by atoms with Crippen molar-refractivity contribution in [2.45, 2.75) is 84.2 Å². The summed E-state index contributed by atoms with van der Waals surface area (Å²) >= 11 is 0. The summed E-state index contributed by atoms with van der Waals surface area (Å²) in [5.74, 6) is -0.508. The number of anilines is 2. The average Bonchev–Trinajstić information content (AvgIpc) is 4.05. The van der Waals surface area contributed by atoms with E-state index >= 15 is 0 Å². The number of hydrogen-bond donors (Lipinski definition) is 0. The summed E-state index contributed by atoms with van der Waals surface area (Å²) < 4.78 is 17.2. The predicted octanol–water partition coefficient (Wildman–Crippen LogP) is 9.76. The lowest BCUT2D eigenvalue weighted by atomic mass is 9.84. The molecule has 0 radical (unpaired) electrons.